The highest BCUT2D eigenvalue weighted by atomic mass is 35.5. The van der Waals surface area contributed by atoms with Gasteiger partial charge in [-0.05, 0) is 42.2 Å². The van der Waals surface area contributed by atoms with Gasteiger partial charge in [-0.2, -0.15) is 0 Å². The summed E-state index contributed by atoms with van der Waals surface area (Å²) < 4.78 is 33.1. The first-order valence-corrected chi connectivity index (χ1v) is 12.3. The third kappa shape index (κ3) is 5.84. The number of benzene rings is 2. The monoisotopic (exact) mass is 463 g/mol. The van der Waals surface area contributed by atoms with Crippen LogP contribution in [0.2, 0.25) is 5.02 Å². The average molecular weight is 464 g/mol. The van der Waals surface area contributed by atoms with Gasteiger partial charge in [-0.15, -0.1) is 0 Å². The van der Waals surface area contributed by atoms with E-state index in [1.807, 2.05) is 18.2 Å². The van der Waals surface area contributed by atoms with Gasteiger partial charge in [0.15, 0.2) is 0 Å². The van der Waals surface area contributed by atoms with Crippen LogP contribution in [0, 0.1) is 0 Å². The van der Waals surface area contributed by atoms with Crippen molar-refractivity contribution in [2.75, 3.05) is 26.3 Å². The highest BCUT2D eigenvalue weighted by Crippen LogP contribution is 2.27. The molecule has 2 N–H and O–H groups in total. The van der Waals surface area contributed by atoms with Crippen molar-refractivity contribution in [2.24, 2.45) is 0 Å². The lowest BCUT2D eigenvalue weighted by molar-refractivity contribution is 0.0340. The molecule has 4 rings (SSSR count). The number of ether oxygens (including phenoxy) is 1. The molecule has 0 atom stereocenters. The fraction of sp³-hybridized carbons (Fsp3) is 0.409. The van der Waals surface area contributed by atoms with Gasteiger partial charge in [0.1, 0.15) is 4.90 Å². The van der Waals surface area contributed by atoms with Gasteiger partial charge in [-0.3, -0.25) is 9.69 Å². The molecule has 31 heavy (non-hydrogen) atoms. The third-order valence-corrected chi connectivity index (χ3v) is 7.44. The second-order valence-corrected chi connectivity index (χ2v) is 9.97. The molecule has 0 spiro atoms. The van der Waals surface area contributed by atoms with Crippen LogP contribution in [0.5, 0.6) is 0 Å². The van der Waals surface area contributed by atoms with Crippen LogP contribution in [0.15, 0.2) is 47.4 Å². The van der Waals surface area contributed by atoms with Crippen LogP contribution in [0.25, 0.3) is 0 Å². The minimum atomic E-state index is -3.75. The summed E-state index contributed by atoms with van der Waals surface area (Å²) in [5.41, 5.74) is 2.43. The lowest BCUT2D eigenvalue weighted by atomic mass is 10.1. The third-order valence-electron chi connectivity index (χ3n) is 5.44. The van der Waals surface area contributed by atoms with E-state index < -0.39 is 10.0 Å². The van der Waals surface area contributed by atoms with Gasteiger partial charge in [-0.1, -0.05) is 35.9 Å². The van der Waals surface area contributed by atoms with Gasteiger partial charge in [0, 0.05) is 37.8 Å². The van der Waals surface area contributed by atoms with Gasteiger partial charge in [0.05, 0.1) is 18.2 Å². The highest BCUT2D eigenvalue weighted by molar-refractivity contribution is 7.89. The van der Waals surface area contributed by atoms with Crippen molar-refractivity contribution >= 4 is 27.5 Å². The SMILES string of the molecule is O=C(NCc1ccccc1CN1CCOCC1)c1ccc(Cl)c(S(=O)(=O)NC2CC2)c1. The van der Waals surface area contributed by atoms with E-state index >= 15 is 0 Å². The molecule has 0 unspecified atom stereocenters. The van der Waals surface area contributed by atoms with E-state index in [-0.39, 0.29) is 27.4 Å². The van der Waals surface area contributed by atoms with Gasteiger partial charge in [0.25, 0.3) is 5.91 Å². The minimum absolute atomic E-state index is 0.0403. The van der Waals surface area contributed by atoms with Gasteiger partial charge in [-0.25, -0.2) is 13.1 Å². The fourth-order valence-corrected chi connectivity index (χ4v) is 5.33. The largest absolute Gasteiger partial charge is 0.379 e. The van der Waals surface area contributed by atoms with Gasteiger partial charge >= 0.3 is 0 Å². The van der Waals surface area contributed by atoms with E-state index in [2.05, 4.69) is 21.0 Å². The predicted molar refractivity (Wildman–Crippen MR) is 119 cm³/mol. The Morgan fingerprint density at radius 3 is 2.52 bits per heavy atom. The van der Waals surface area contributed by atoms with Crippen molar-refractivity contribution < 1.29 is 17.9 Å². The first-order chi connectivity index (χ1) is 14.9. The zero-order chi connectivity index (χ0) is 21.8. The lowest BCUT2D eigenvalue weighted by Gasteiger charge is -2.27. The van der Waals surface area contributed by atoms with Crippen LogP contribution in [0.4, 0.5) is 0 Å². The first kappa shape index (κ1) is 22.2. The number of amides is 1. The van der Waals surface area contributed by atoms with Crippen LogP contribution in [0.1, 0.15) is 34.3 Å². The number of halogens is 1. The Morgan fingerprint density at radius 2 is 1.81 bits per heavy atom. The molecular formula is C22H26ClN3O4S. The molecular weight excluding hydrogens is 438 g/mol. The summed E-state index contributed by atoms with van der Waals surface area (Å²) in [7, 11) is -3.75. The van der Waals surface area contributed by atoms with Crippen molar-refractivity contribution in [3.8, 4) is 0 Å². The summed E-state index contributed by atoms with van der Waals surface area (Å²) in [5, 5.41) is 3.00. The van der Waals surface area contributed by atoms with E-state index in [9.17, 15) is 13.2 Å². The smallest absolute Gasteiger partial charge is 0.251 e. The topological polar surface area (TPSA) is 87.7 Å². The summed E-state index contributed by atoms with van der Waals surface area (Å²) in [6.45, 7) is 4.39. The van der Waals surface area contributed by atoms with Crippen molar-refractivity contribution in [1.82, 2.24) is 14.9 Å². The number of nitrogens with one attached hydrogen (secondary N) is 2. The molecule has 166 valence electrons. The number of carbonyl (C=O) groups is 1. The molecule has 1 saturated carbocycles. The molecule has 1 aliphatic heterocycles. The molecule has 9 heteroatoms. The zero-order valence-corrected chi connectivity index (χ0v) is 18.7. The molecule has 2 aromatic carbocycles. The molecule has 2 aliphatic rings. The molecule has 1 amide bonds. The molecule has 1 saturated heterocycles. The molecule has 1 heterocycles. The predicted octanol–water partition coefficient (Wildman–Crippen LogP) is 2.54. The normalized spacial score (nSPS) is 17.5. The standard InChI is InChI=1S/C22H26ClN3O4S/c23-20-8-5-16(13-21(20)31(28,29)25-19-6-7-19)22(27)24-14-17-3-1-2-4-18(17)15-26-9-11-30-12-10-26/h1-5,8,13,19,25H,6-7,9-12,14-15H2,(H,24,27). The number of rotatable bonds is 8. The van der Waals surface area contributed by atoms with Crippen LogP contribution in [-0.2, 0) is 27.8 Å². The molecule has 0 radical (unpaired) electrons. The van der Waals surface area contributed by atoms with Crippen LogP contribution >= 0.6 is 11.6 Å². The Hall–Kier alpha value is -1.97. The number of morpholine rings is 1. The summed E-state index contributed by atoms with van der Waals surface area (Å²) in [4.78, 5) is 15.0. The number of hydrogen-bond donors (Lipinski definition) is 2. The molecule has 0 aromatic heterocycles. The summed E-state index contributed by atoms with van der Waals surface area (Å²) >= 11 is 6.11. The number of sulfonamides is 1. The Labute approximate surface area is 187 Å². The maximum Gasteiger partial charge on any atom is 0.251 e. The van der Waals surface area contributed by atoms with E-state index in [4.69, 9.17) is 16.3 Å². The Bertz CT molecular complexity index is 1050. The van der Waals surface area contributed by atoms with Crippen molar-refractivity contribution in [3.63, 3.8) is 0 Å². The maximum atomic E-state index is 12.7. The second kappa shape index (κ2) is 9.67. The average Bonchev–Trinajstić information content (AvgIpc) is 3.57. The zero-order valence-electron chi connectivity index (χ0n) is 17.1. The van der Waals surface area contributed by atoms with E-state index in [0.29, 0.717) is 6.54 Å². The van der Waals surface area contributed by atoms with Crippen LogP contribution in [0.3, 0.4) is 0 Å². The quantitative estimate of drug-likeness (QED) is 0.628. The summed E-state index contributed by atoms with van der Waals surface area (Å²) in [6.07, 6.45) is 1.64. The second-order valence-electron chi connectivity index (χ2n) is 7.88. The number of nitrogens with zero attached hydrogens (tertiary/aromatic N) is 1. The van der Waals surface area contributed by atoms with Crippen LogP contribution < -0.4 is 10.0 Å². The highest BCUT2D eigenvalue weighted by Gasteiger charge is 2.29. The van der Waals surface area contributed by atoms with Crippen LogP contribution in [-0.4, -0.2) is 51.6 Å². The summed E-state index contributed by atoms with van der Waals surface area (Å²) in [5.74, 6) is -0.347. The van der Waals surface area contributed by atoms with Crippen molar-refractivity contribution in [2.45, 2.75) is 36.9 Å². The number of hydrogen-bond acceptors (Lipinski definition) is 5. The summed E-state index contributed by atoms with van der Waals surface area (Å²) in [6, 6.07) is 12.3. The Balaban J connectivity index is 1.44. The van der Waals surface area contributed by atoms with E-state index in [1.54, 1.807) is 0 Å². The Morgan fingerprint density at radius 1 is 1.10 bits per heavy atom. The van der Waals surface area contributed by atoms with Crippen molar-refractivity contribution in [3.05, 3.63) is 64.2 Å². The van der Waals surface area contributed by atoms with Gasteiger partial charge in [0.2, 0.25) is 10.0 Å². The fourth-order valence-electron chi connectivity index (χ4n) is 3.50. The number of carbonyl (C=O) groups excluding carboxylic acids is 1. The van der Waals surface area contributed by atoms with E-state index in [0.717, 1.165) is 56.8 Å². The Kier molecular flexibility index (Phi) is 6.93. The molecule has 2 aromatic rings. The molecule has 1 aliphatic carbocycles. The van der Waals surface area contributed by atoms with Crippen molar-refractivity contribution in [1.29, 1.82) is 0 Å². The molecule has 0 bridgehead atoms. The van der Waals surface area contributed by atoms with E-state index in [1.165, 1.54) is 18.2 Å². The maximum absolute atomic E-state index is 12.7. The molecule has 2 fully saturated rings. The molecule has 7 nitrogen and oxygen atoms in total. The minimum Gasteiger partial charge on any atom is -0.379 e. The van der Waals surface area contributed by atoms with Gasteiger partial charge < -0.3 is 10.1 Å². The first-order valence-electron chi connectivity index (χ1n) is 10.4. The lowest BCUT2D eigenvalue weighted by Crippen LogP contribution is -2.36.